The van der Waals surface area contributed by atoms with E-state index in [2.05, 4.69) is 39.4 Å². The first-order valence-corrected chi connectivity index (χ1v) is 11.5. The number of aliphatic hydroxyl groups is 2. The fourth-order valence-corrected chi connectivity index (χ4v) is 4.30. The van der Waals surface area contributed by atoms with Gasteiger partial charge in [-0.2, -0.15) is 13.2 Å². The molecule has 2 saturated heterocycles. The van der Waals surface area contributed by atoms with E-state index < -0.39 is 42.0 Å². The molecule has 0 unspecified atom stereocenters. The third kappa shape index (κ3) is 5.56. The summed E-state index contributed by atoms with van der Waals surface area (Å²) in [6, 6.07) is 2.09. The van der Waals surface area contributed by atoms with Gasteiger partial charge in [-0.1, -0.05) is 19.9 Å². The van der Waals surface area contributed by atoms with Crippen LogP contribution in [0.15, 0.2) is 30.6 Å². The Bertz CT molecular complexity index is 1010. The van der Waals surface area contributed by atoms with Gasteiger partial charge in [0.05, 0.1) is 12.6 Å². The lowest BCUT2D eigenvalue weighted by Gasteiger charge is -2.43. The molecule has 35 heavy (non-hydrogen) atoms. The molecular weight excluding hydrogens is 467 g/mol. The van der Waals surface area contributed by atoms with Gasteiger partial charge in [-0.25, -0.2) is 15.0 Å². The van der Waals surface area contributed by atoms with Gasteiger partial charge in [0.1, 0.15) is 41.2 Å². The van der Waals surface area contributed by atoms with Crippen molar-refractivity contribution in [3.63, 3.8) is 0 Å². The van der Waals surface area contributed by atoms with Crippen molar-refractivity contribution in [2.75, 3.05) is 18.5 Å². The minimum atomic E-state index is -4.61. The number of hydrogen-bond acceptors (Lipinski definition) is 9. The second kappa shape index (κ2) is 9.94. The summed E-state index contributed by atoms with van der Waals surface area (Å²) in [7, 11) is 0. The number of pyridine rings is 1. The number of ether oxygens (including phenoxy) is 2. The van der Waals surface area contributed by atoms with E-state index in [0.717, 1.165) is 18.1 Å². The summed E-state index contributed by atoms with van der Waals surface area (Å²) in [4.78, 5) is 12.4. The van der Waals surface area contributed by atoms with Crippen LogP contribution in [0.1, 0.15) is 43.9 Å². The molecule has 0 aliphatic carbocycles. The van der Waals surface area contributed by atoms with Gasteiger partial charge in [0.25, 0.3) is 0 Å². The molecule has 6 atom stereocenters. The van der Waals surface area contributed by atoms with E-state index in [1.165, 1.54) is 12.1 Å². The van der Waals surface area contributed by atoms with E-state index in [0.29, 0.717) is 11.7 Å². The number of aromatic nitrogens is 3. The average molecular weight is 498 g/mol. The summed E-state index contributed by atoms with van der Waals surface area (Å²) >= 11 is 0. The van der Waals surface area contributed by atoms with Crippen LogP contribution in [0.5, 0.6) is 0 Å². The molecule has 0 aromatic carbocycles. The topological polar surface area (TPSA) is 122 Å². The van der Waals surface area contributed by atoms with Gasteiger partial charge in [0.15, 0.2) is 6.29 Å². The Kier molecular flexibility index (Phi) is 7.30. The van der Waals surface area contributed by atoms with Gasteiger partial charge in [0.2, 0.25) is 0 Å². The van der Waals surface area contributed by atoms with E-state index in [1.54, 1.807) is 12.4 Å². The van der Waals surface area contributed by atoms with Gasteiger partial charge in [-0.05, 0) is 37.0 Å². The molecule has 2 fully saturated rings. The number of rotatable bonds is 8. The summed E-state index contributed by atoms with van der Waals surface area (Å²) in [5, 5.41) is 27.6. The van der Waals surface area contributed by atoms with Gasteiger partial charge in [-0.15, -0.1) is 0 Å². The molecule has 12 heteroatoms. The number of alkyl halides is 3. The van der Waals surface area contributed by atoms with Crippen LogP contribution in [0.25, 0.3) is 0 Å². The number of aliphatic hydroxyl groups excluding tert-OH is 2. The summed E-state index contributed by atoms with van der Waals surface area (Å²) in [5.74, 6) is 0.950. The maximum atomic E-state index is 13.0. The first-order chi connectivity index (χ1) is 16.5. The Hall–Kier alpha value is -2.38. The summed E-state index contributed by atoms with van der Waals surface area (Å²) in [5.41, 5.74) is -1.27. The molecule has 2 bridgehead atoms. The average Bonchev–Trinajstić information content (AvgIpc) is 3.21. The molecule has 0 radical (unpaired) electrons. The van der Waals surface area contributed by atoms with Crippen LogP contribution >= 0.6 is 0 Å². The van der Waals surface area contributed by atoms with Crippen LogP contribution in [0, 0.1) is 5.92 Å². The molecule has 2 aliphatic heterocycles. The number of nitrogens with zero attached hydrogens (tertiary/aromatic N) is 3. The Morgan fingerprint density at radius 3 is 2.54 bits per heavy atom. The molecule has 2 aromatic heterocycles. The Balaban J connectivity index is 1.40. The quantitative estimate of drug-likeness (QED) is 0.434. The molecule has 2 aliphatic rings. The second-order valence-electron chi connectivity index (χ2n) is 9.52. The van der Waals surface area contributed by atoms with Crippen molar-refractivity contribution >= 4 is 5.82 Å². The molecule has 2 aromatic rings. The SMILES string of the molecule is CC(C)Cc1cnc([C@@H](C)NC[C@@]23CO[C@@H](O2)[C@H](Nc2cccc(C(F)(F)F)n2)[C@@H](O)[C@H]3O)nc1. The Morgan fingerprint density at radius 2 is 1.89 bits per heavy atom. The lowest BCUT2D eigenvalue weighted by molar-refractivity contribution is -0.213. The van der Waals surface area contributed by atoms with Crippen molar-refractivity contribution in [2.24, 2.45) is 5.92 Å². The molecule has 4 rings (SSSR count). The fourth-order valence-electron chi connectivity index (χ4n) is 4.30. The second-order valence-corrected chi connectivity index (χ2v) is 9.52. The molecule has 9 nitrogen and oxygen atoms in total. The molecule has 192 valence electrons. The highest BCUT2D eigenvalue weighted by Gasteiger charge is 2.59. The lowest BCUT2D eigenvalue weighted by atomic mass is 9.87. The highest BCUT2D eigenvalue weighted by atomic mass is 19.4. The zero-order valence-electron chi connectivity index (χ0n) is 19.7. The van der Waals surface area contributed by atoms with Crippen molar-refractivity contribution in [1.29, 1.82) is 0 Å². The van der Waals surface area contributed by atoms with Gasteiger partial charge < -0.3 is 30.3 Å². The van der Waals surface area contributed by atoms with E-state index in [9.17, 15) is 23.4 Å². The summed E-state index contributed by atoms with van der Waals surface area (Å²) in [6.45, 7) is 6.23. The number of halogens is 3. The predicted molar refractivity (Wildman–Crippen MR) is 119 cm³/mol. The largest absolute Gasteiger partial charge is 0.433 e. The lowest BCUT2D eigenvalue weighted by Crippen LogP contribution is -2.65. The van der Waals surface area contributed by atoms with Crippen molar-refractivity contribution in [1.82, 2.24) is 20.3 Å². The molecule has 0 saturated carbocycles. The van der Waals surface area contributed by atoms with Gasteiger partial charge in [0, 0.05) is 18.9 Å². The first kappa shape index (κ1) is 25.7. The van der Waals surface area contributed by atoms with E-state index >= 15 is 0 Å². The number of anilines is 1. The number of hydrogen-bond donors (Lipinski definition) is 4. The molecule has 0 spiro atoms. The van der Waals surface area contributed by atoms with E-state index in [1.807, 2.05) is 6.92 Å². The predicted octanol–water partition coefficient (Wildman–Crippen LogP) is 2.07. The highest BCUT2D eigenvalue weighted by Crippen LogP contribution is 2.38. The Labute approximate surface area is 201 Å². The van der Waals surface area contributed by atoms with E-state index in [-0.39, 0.29) is 25.0 Å². The van der Waals surface area contributed by atoms with Crippen molar-refractivity contribution in [2.45, 2.75) is 69.6 Å². The maximum Gasteiger partial charge on any atom is 0.433 e. The summed E-state index contributed by atoms with van der Waals surface area (Å²) < 4.78 is 50.6. The van der Waals surface area contributed by atoms with Crippen LogP contribution in [0.3, 0.4) is 0 Å². The van der Waals surface area contributed by atoms with E-state index in [4.69, 9.17) is 9.47 Å². The van der Waals surface area contributed by atoms with Crippen LogP contribution in [0.4, 0.5) is 19.0 Å². The minimum Gasteiger partial charge on any atom is -0.388 e. The molecule has 4 heterocycles. The van der Waals surface area contributed by atoms with Crippen molar-refractivity contribution < 1.29 is 32.9 Å². The normalized spacial score (nSPS) is 29.4. The first-order valence-electron chi connectivity index (χ1n) is 11.5. The third-order valence-corrected chi connectivity index (χ3v) is 6.18. The fraction of sp³-hybridized carbons (Fsp3) is 0.609. The Morgan fingerprint density at radius 1 is 1.17 bits per heavy atom. The zero-order valence-corrected chi connectivity index (χ0v) is 19.7. The maximum absolute atomic E-state index is 13.0. The van der Waals surface area contributed by atoms with Crippen LogP contribution in [-0.2, 0) is 22.1 Å². The van der Waals surface area contributed by atoms with Gasteiger partial charge >= 0.3 is 6.18 Å². The number of fused-ring (bicyclic) bond motifs is 2. The summed E-state index contributed by atoms with van der Waals surface area (Å²) in [6.07, 6.45) is -3.89. The van der Waals surface area contributed by atoms with Crippen molar-refractivity contribution in [3.05, 3.63) is 47.7 Å². The standard InChI is InChI=1S/C23H30F3N5O4/c1-12(2)7-14-8-27-20(28-9-14)13(3)29-10-22-11-34-21(35-22)17(18(32)19(22)33)31-16-6-4-5-15(30-16)23(24,25)26/h4-6,8-9,12-13,17-19,21,29,32-33H,7,10-11H2,1-3H3,(H,30,31)/t13-,17-,18-,19-,21+,22+/m1/s1. The molecule has 4 N–H and O–H groups in total. The van der Waals surface area contributed by atoms with Crippen LogP contribution in [0.2, 0.25) is 0 Å². The third-order valence-electron chi connectivity index (χ3n) is 6.18. The van der Waals surface area contributed by atoms with Gasteiger partial charge in [-0.3, -0.25) is 0 Å². The smallest absolute Gasteiger partial charge is 0.388 e. The zero-order chi connectivity index (χ0) is 25.4. The monoisotopic (exact) mass is 497 g/mol. The number of nitrogens with one attached hydrogen (secondary N) is 2. The molecule has 0 amide bonds. The van der Waals surface area contributed by atoms with Crippen LogP contribution in [-0.4, -0.2) is 68.5 Å². The minimum absolute atomic E-state index is 0.0159. The molecular formula is C23H30F3N5O4. The van der Waals surface area contributed by atoms with Crippen molar-refractivity contribution in [3.8, 4) is 0 Å². The highest BCUT2D eigenvalue weighted by molar-refractivity contribution is 5.38. The van der Waals surface area contributed by atoms with Crippen LogP contribution < -0.4 is 10.6 Å².